The second kappa shape index (κ2) is 2.40. The van der Waals surface area contributed by atoms with E-state index in [1.807, 2.05) is 0 Å². The lowest BCUT2D eigenvalue weighted by atomic mass is 10.3. The molecule has 1 aromatic heterocycles. The first-order chi connectivity index (χ1) is 4.74. The molecule has 0 spiro atoms. The van der Waals surface area contributed by atoms with Crippen LogP contribution in [0.15, 0.2) is 12.3 Å². The molecular formula is C6H2F2N2. The zero-order valence-electron chi connectivity index (χ0n) is 4.81. The number of halogens is 2. The molecular weight excluding hydrogens is 138 g/mol. The lowest BCUT2D eigenvalue weighted by Gasteiger charge is -1.89. The minimum Gasteiger partial charge on any atom is -0.242 e. The van der Waals surface area contributed by atoms with Crippen LogP contribution in [-0.4, -0.2) is 4.98 Å². The van der Waals surface area contributed by atoms with E-state index in [1.165, 1.54) is 0 Å². The van der Waals surface area contributed by atoms with Crippen LogP contribution in [0.1, 0.15) is 5.69 Å². The Balaban J connectivity index is 3.20. The summed E-state index contributed by atoms with van der Waals surface area (Å²) in [6.07, 6.45) is 0.674. The lowest BCUT2D eigenvalue weighted by Crippen LogP contribution is -1.88. The Morgan fingerprint density at radius 2 is 2.10 bits per heavy atom. The summed E-state index contributed by atoms with van der Waals surface area (Å²) in [7, 11) is 0. The van der Waals surface area contributed by atoms with Gasteiger partial charge >= 0.3 is 0 Å². The maximum atomic E-state index is 12.2. The summed E-state index contributed by atoms with van der Waals surface area (Å²) in [6.45, 7) is 0. The van der Waals surface area contributed by atoms with Gasteiger partial charge in [-0.05, 0) is 0 Å². The molecule has 50 valence electrons. The molecule has 0 radical (unpaired) electrons. The van der Waals surface area contributed by atoms with Crippen LogP contribution in [0.5, 0.6) is 0 Å². The van der Waals surface area contributed by atoms with Gasteiger partial charge in [-0.15, -0.1) is 0 Å². The molecule has 0 atom stereocenters. The second-order valence-electron chi connectivity index (χ2n) is 1.60. The Labute approximate surface area is 55.7 Å². The fourth-order valence-electron chi connectivity index (χ4n) is 0.475. The van der Waals surface area contributed by atoms with Crippen molar-refractivity contribution in [3.63, 3.8) is 0 Å². The van der Waals surface area contributed by atoms with Gasteiger partial charge in [-0.3, -0.25) is 0 Å². The summed E-state index contributed by atoms with van der Waals surface area (Å²) < 4.78 is 24.3. The number of pyridine rings is 1. The lowest BCUT2D eigenvalue weighted by molar-refractivity contribution is 0.503. The molecule has 0 saturated carbocycles. The van der Waals surface area contributed by atoms with Crippen molar-refractivity contribution >= 4 is 0 Å². The van der Waals surface area contributed by atoms with Gasteiger partial charge in [0.15, 0.2) is 11.6 Å². The molecule has 0 aliphatic carbocycles. The molecule has 10 heavy (non-hydrogen) atoms. The molecule has 0 N–H and O–H groups in total. The van der Waals surface area contributed by atoms with Crippen LogP contribution in [0.4, 0.5) is 8.78 Å². The van der Waals surface area contributed by atoms with Crippen molar-refractivity contribution in [2.75, 3.05) is 0 Å². The Hall–Kier alpha value is -1.50. The molecule has 0 unspecified atom stereocenters. The summed E-state index contributed by atoms with van der Waals surface area (Å²) in [4.78, 5) is 3.28. The average molecular weight is 140 g/mol. The third kappa shape index (κ3) is 1.08. The third-order valence-electron chi connectivity index (χ3n) is 0.923. The van der Waals surface area contributed by atoms with Crippen molar-refractivity contribution in [1.29, 1.82) is 5.26 Å². The zero-order valence-corrected chi connectivity index (χ0v) is 4.81. The van der Waals surface area contributed by atoms with E-state index in [4.69, 9.17) is 5.26 Å². The maximum Gasteiger partial charge on any atom is 0.177 e. The monoisotopic (exact) mass is 140 g/mol. The molecule has 0 amide bonds. The number of hydrogen-bond donors (Lipinski definition) is 0. The normalized spacial score (nSPS) is 8.90. The van der Waals surface area contributed by atoms with E-state index < -0.39 is 11.6 Å². The molecule has 2 nitrogen and oxygen atoms in total. The molecule has 0 aliphatic heterocycles. The van der Waals surface area contributed by atoms with E-state index in [1.54, 1.807) is 6.07 Å². The van der Waals surface area contributed by atoms with Crippen molar-refractivity contribution in [1.82, 2.24) is 4.98 Å². The Kier molecular flexibility index (Phi) is 1.59. The van der Waals surface area contributed by atoms with Crippen LogP contribution in [0, 0.1) is 23.0 Å². The van der Waals surface area contributed by atoms with Gasteiger partial charge in [0.05, 0.1) is 6.20 Å². The van der Waals surface area contributed by atoms with E-state index in [0.717, 1.165) is 6.07 Å². The van der Waals surface area contributed by atoms with Gasteiger partial charge in [0.1, 0.15) is 11.8 Å². The van der Waals surface area contributed by atoms with E-state index in [-0.39, 0.29) is 5.69 Å². The van der Waals surface area contributed by atoms with Crippen molar-refractivity contribution in [3.05, 3.63) is 29.6 Å². The SMILES string of the molecule is N#Cc1cc(F)c(F)cn1. The van der Waals surface area contributed by atoms with Crippen molar-refractivity contribution in [3.8, 4) is 6.07 Å². The minimum atomic E-state index is -1.05. The first-order valence-corrected chi connectivity index (χ1v) is 2.45. The number of aromatic nitrogens is 1. The second-order valence-corrected chi connectivity index (χ2v) is 1.60. The van der Waals surface area contributed by atoms with Crippen LogP contribution < -0.4 is 0 Å². The molecule has 0 saturated heterocycles. The number of nitrogens with zero attached hydrogens (tertiary/aromatic N) is 2. The highest BCUT2D eigenvalue weighted by Gasteiger charge is 2.01. The van der Waals surface area contributed by atoms with Gasteiger partial charge in [0.2, 0.25) is 0 Å². The largest absolute Gasteiger partial charge is 0.242 e. The Morgan fingerprint density at radius 3 is 2.60 bits per heavy atom. The number of nitriles is 1. The van der Waals surface area contributed by atoms with Gasteiger partial charge in [-0.25, -0.2) is 13.8 Å². The van der Waals surface area contributed by atoms with Crippen molar-refractivity contribution in [2.24, 2.45) is 0 Å². The van der Waals surface area contributed by atoms with Crippen LogP contribution in [0.25, 0.3) is 0 Å². The Bertz CT molecular complexity index is 290. The fourth-order valence-corrected chi connectivity index (χ4v) is 0.475. The Morgan fingerprint density at radius 1 is 1.40 bits per heavy atom. The van der Waals surface area contributed by atoms with Gasteiger partial charge in [-0.2, -0.15) is 5.26 Å². The standard InChI is InChI=1S/C6H2F2N2/c7-5-1-4(2-9)10-3-6(5)8/h1,3H. The highest BCUT2D eigenvalue weighted by atomic mass is 19.2. The molecule has 4 heteroatoms. The molecule has 0 aromatic carbocycles. The highest BCUT2D eigenvalue weighted by molar-refractivity contribution is 5.20. The molecule has 1 heterocycles. The molecule has 0 aliphatic rings. The summed E-state index contributed by atoms with van der Waals surface area (Å²) in [5.74, 6) is -2.09. The predicted molar refractivity (Wildman–Crippen MR) is 28.9 cm³/mol. The predicted octanol–water partition coefficient (Wildman–Crippen LogP) is 1.23. The van der Waals surface area contributed by atoms with Crippen LogP contribution in [-0.2, 0) is 0 Å². The van der Waals surface area contributed by atoms with E-state index in [0.29, 0.717) is 6.20 Å². The number of rotatable bonds is 0. The topological polar surface area (TPSA) is 36.7 Å². The van der Waals surface area contributed by atoms with Crippen LogP contribution in [0.2, 0.25) is 0 Å². The van der Waals surface area contributed by atoms with Gasteiger partial charge < -0.3 is 0 Å². The van der Waals surface area contributed by atoms with Gasteiger partial charge in [0.25, 0.3) is 0 Å². The average Bonchev–Trinajstić information content (AvgIpc) is 1.95. The van der Waals surface area contributed by atoms with E-state index in [9.17, 15) is 8.78 Å². The minimum absolute atomic E-state index is 0.126. The zero-order chi connectivity index (χ0) is 7.56. The summed E-state index contributed by atoms with van der Waals surface area (Å²) in [6, 6.07) is 2.32. The summed E-state index contributed by atoms with van der Waals surface area (Å²) in [5.41, 5.74) is -0.126. The third-order valence-corrected chi connectivity index (χ3v) is 0.923. The molecule has 0 fully saturated rings. The van der Waals surface area contributed by atoms with Gasteiger partial charge in [-0.1, -0.05) is 0 Å². The van der Waals surface area contributed by atoms with E-state index in [2.05, 4.69) is 4.98 Å². The fraction of sp³-hybridized carbons (Fsp3) is 0. The van der Waals surface area contributed by atoms with Crippen LogP contribution in [0.3, 0.4) is 0 Å². The van der Waals surface area contributed by atoms with Crippen molar-refractivity contribution in [2.45, 2.75) is 0 Å². The summed E-state index contributed by atoms with van der Waals surface area (Å²) >= 11 is 0. The summed E-state index contributed by atoms with van der Waals surface area (Å²) in [5, 5.41) is 8.15. The quantitative estimate of drug-likeness (QED) is 0.543. The first kappa shape index (κ1) is 6.62. The number of hydrogen-bond acceptors (Lipinski definition) is 2. The molecule has 1 aromatic rings. The molecule has 0 bridgehead atoms. The first-order valence-electron chi connectivity index (χ1n) is 2.45. The molecule has 1 rings (SSSR count). The highest BCUT2D eigenvalue weighted by Crippen LogP contribution is 2.03. The van der Waals surface area contributed by atoms with Crippen LogP contribution >= 0.6 is 0 Å². The van der Waals surface area contributed by atoms with Crippen molar-refractivity contribution < 1.29 is 8.78 Å². The van der Waals surface area contributed by atoms with Gasteiger partial charge in [0, 0.05) is 6.07 Å². The maximum absolute atomic E-state index is 12.2. The van der Waals surface area contributed by atoms with E-state index >= 15 is 0 Å². The smallest absolute Gasteiger partial charge is 0.177 e.